The molecule has 0 bridgehead atoms. The molecule has 0 amide bonds. The second kappa shape index (κ2) is 6.05. The van der Waals surface area contributed by atoms with Gasteiger partial charge in [-0.1, -0.05) is 24.3 Å². The number of non-ortho nitro benzene ring substituents is 2. The zero-order chi connectivity index (χ0) is 17.3. The van der Waals surface area contributed by atoms with Crippen LogP contribution in [0.15, 0.2) is 29.6 Å². The number of ether oxygens (including phenoxy) is 1. The molecule has 23 heavy (non-hydrogen) atoms. The molecule has 0 radical (unpaired) electrons. The quantitative estimate of drug-likeness (QED) is 0.469. The summed E-state index contributed by atoms with van der Waals surface area (Å²) in [6.45, 7) is 3.42. The molecule has 9 nitrogen and oxygen atoms in total. The smallest absolute Gasteiger partial charge is 0.300 e. The first-order valence-corrected chi connectivity index (χ1v) is 6.56. The van der Waals surface area contributed by atoms with Gasteiger partial charge >= 0.3 is 5.69 Å². The van der Waals surface area contributed by atoms with Crippen LogP contribution in [0.3, 0.4) is 0 Å². The van der Waals surface area contributed by atoms with E-state index in [9.17, 15) is 25.0 Å². The van der Waals surface area contributed by atoms with Crippen molar-refractivity contribution in [3.8, 4) is 5.75 Å². The summed E-state index contributed by atoms with van der Waals surface area (Å²) in [6, 6.07) is 1.86. The number of nitro groups is 2. The van der Waals surface area contributed by atoms with Crippen LogP contribution in [-0.2, 0) is 7.05 Å². The molecular weight excluding hydrogens is 330 g/mol. The summed E-state index contributed by atoms with van der Waals surface area (Å²) >= 11 is 5.94. The number of hydrogen-bond donors (Lipinski definition) is 0. The Labute approximate surface area is 133 Å². The lowest BCUT2D eigenvalue weighted by molar-refractivity contribution is -0.393. The van der Waals surface area contributed by atoms with Gasteiger partial charge in [-0.2, -0.15) is 0 Å². The Morgan fingerprint density at radius 1 is 1.35 bits per heavy atom. The fourth-order valence-corrected chi connectivity index (χ4v) is 2.41. The van der Waals surface area contributed by atoms with E-state index in [2.05, 4.69) is 6.58 Å². The SMILES string of the molecule is C=CCOc1c(Cl)c(=O)n(C)c2c([N+](=O)[O-])cc([N+](=O)[O-])cc12. The van der Waals surface area contributed by atoms with Crippen LogP contribution >= 0.6 is 11.6 Å². The van der Waals surface area contributed by atoms with E-state index in [1.807, 2.05) is 0 Å². The zero-order valence-electron chi connectivity index (χ0n) is 11.8. The van der Waals surface area contributed by atoms with Gasteiger partial charge in [0.1, 0.15) is 17.1 Å². The number of benzene rings is 1. The topological polar surface area (TPSA) is 118 Å². The number of hydrogen-bond acceptors (Lipinski definition) is 6. The highest BCUT2D eigenvalue weighted by molar-refractivity contribution is 6.33. The third-order valence-electron chi connectivity index (χ3n) is 3.10. The summed E-state index contributed by atoms with van der Waals surface area (Å²) in [6.07, 6.45) is 1.38. The van der Waals surface area contributed by atoms with Crippen LogP contribution in [0.5, 0.6) is 5.75 Å². The maximum Gasteiger partial charge on any atom is 0.300 e. The Kier molecular flexibility index (Phi) is 4.32. The van der Waals surface area contributed by atoms with Crippen molar-refractivity contribution in [1.82, 2.24) is 4.57 Å². The van der Waals surface area contributed by atoms with Crippen LogP contribution in [0, 0.1) is 20.2 Å². The van der Waals surface area contributed by atoms with Crippen molar-refractivity contribution in [3.63, 3.8) is 0 Å². The van der Waals surface area contributed by atoms with Crippen molar-refractivity contribution in [2.45, 2.75) is 0 Å². The maximum absolute atomic E-state index is 12.1. The molecule has 0 aliphatic carbocycles. The van der Waals surface area contributed by atoms with Crippen LogP contribution in [0.25, 0.3) is 10.9 Å². The molecule has 0 fully saturated rings. The molecule has 0 saturated carbocycles. The predicted octanol–water partition coefficient (Wildman–Crippen LogP) is 2.57. The summed E-state index contributed by atoms with van der Waals surface area (Å²) < 4.78 is 6.25. The molecule has 0 spiro atoms. The van der Waals surface area contributed by atoms with Gasteiger partial charge in [0.05, 0.1) is 21.3 Å². The fourth-order valence-electron chi connectivity index (χ4n) is 2.12. The minimum atomic E-state index is -0.806. The average molecular weight is 340 g/mol. The molecule has 0 aliphatic rings. The first-order valence-electron chi connectivity index (χ1n) is 6.18. The number of halogens is 1. The molecule has 0 unspecified atom stereocenters. The lowest BCUT2D eigenvalue weighted by Crippen LogP contribution is -2.19. The Balaban J connectivity index is 3.04. The lowest BCUT2D eigenvalue weighted by Gasteiger charge is -2.12. The van der Waals surface area contributed by atoms with E-state index in [0.29, 0.717) is 0 Å². The highest BCUT2D eigenvalue weighted by Crippen LogP contribution is 2.38. The third kappa shape index (κ3) is 2.73. The van der Waals surface area contributed by atoms with Gasteiger partial charge in [0.25, 0.3) is 11.2 Å². The van der Waals surface area contributed by atoms with Crippen molar-refractivity contribution in [3.05, 3.63) is 60.4 Å². The van der Waals surface area contributed by atoms with E-state index >= 15 is 0 Å². The summed E-state index contributed by atoms with van der Waals surface area (Å²) in [4.78, 5) is 32.8. The van der Waals surface area contributed by atoms with Crippen molar-refractivity contribution in [2.24, 2.45) is 7.05 Å². The molecule has 2 rings (SSSR count). The van der Waals surface area contributed by atoms with Gasteiger partial charge in [-0.25, -0.2) is 0 Å². The molecule has 1 aromatic heterocycles. The van der Waals surface area contributed by atoms with Gasteiger partial charge < -0.3 is 9.30 Å². The number of rotatable bonds is 5. The molecule has 0 N–H and O–H groups in total. The summed E-state index contributed by atoms with van der Waals surface area (Å²) in [5.74, 6) is -0.156. The number of nitrogens with zero attached hydrogens (tertiary/aromatic N) is 3. The van der Waals surface area contributed by atoms with Crippen molar-refractivity contribution < 1.29 is 14.6 Å². The number of aromatic nitrogens is 1. The van der Waals surface area contributed by atoms with E-state index in [0.717, 1.165) is 16.7 Å². The fraction of sp³-hybridized carbons (Fsp3) is 0.154. The first kappa shape index (κ1) is 16.4. The van der Waals surface area contributed by atoms with Gasteiger partial charge in [0.2, 0.25) is 0 Å². The van der Waals surface area contributed by atoms with Gasteiger partial charge in [-0.3, -0.25) is 25.0 Å². The van der Waals surface area contributed by atoms with Crippen molar-refractivity contribution in [1.29, 1.82) is 0 Å². The van der Waals surface area contributed by atoms with Crippen molar-refractivity contribution in [2.75, 3.05) is 6.61 Å². The Hall–Kier alpha value is -2.94. The summed E-state index contributed by atoms with van der Waals surface area (Å²) in [5, 5.41) is 21.9. The van der Waals surface area contributed by atoms with Gasteiger partial charge in [-0.15, -0.1) is 0 Å². The molecule has 1 heterocycles. The average Bonchev–Trinajstić information content (AvgIpc) is 2.51. The van der Waals surface area contributed by atoms with E-state index < -0.39 is 26.8 Å². The normalized spacial score (nSPS) is 10.5. The largest absolute Gasteiger partial charge is 0.487 e. The van der Waals surface area contributed by atoms with Crippen LogP contribution < -0.4 is 10.3 Å². The monoisotopic (exact) mass is 339 g/mol. The molecule has 1 aromatic carbocycles. The highest BCUT2D eigenvalue weighted by Gasteiger charge is 2.26. The van der Waals surface area contributed by atoms with E-state index in [4.69, 9.17) is 16.3 Å². The molecule has 0 aliphatic heterocycles. The minimum absolute atomic E-state index is 0.000139. The van der Waals surface area contributed by atoms with E-state index in [1.54, 1.807) is 0 Å². The number of fused-ring (bicyclic) bond motifs is 1. The number of pyridine rings is 1. The van der Waals surface area contributed by atoms with Crippen molar-refractivity contribution >= 4 is 33.9 Å². The maximum atomic E-state index is 12.1. The first-order chi connectivity index (χ1) is 10.8. The second-order valence-corrected chi connectivity index (χ2v) is 4.86. The van der Waals surface area contributed by atoms with Gasteiger partial charge in [-0.05, 0) is 0 Å². The minimum Gasteiger partial charge on any atom is -0.487 e. The molecule has 0 saturated heterocycles. The van der Waals surface area contributed by atoms with E-state index in [1.165, 1.54) is 13.1 Å². The Bertz CT molecular complexity index is 905. The van der Waals surface area contributed by atoms with Crippen LogP contribution in [0.1, 0.15) is 0 Å². The zero-order valence-corrected chi connectivity index (χ0v) is 12.6. The Morgan fingerprint density at radius 2 is 2.00 bits per heavy atom. The summed E-state index contributed by atoms with van der Waals surface area (Å²) in [5.41, 5.74) is -1.93. The molecule has 120 valence electrons. The lowest BCUT2D eigenvalue weighted by atomic mass is 10.1. The predicted molar refractivity (Wildman–Crippen MR) is 83.2 cm³/mol. The van der Waals surface area contributed by atoms with Crippen LogP contribution in [0.4, 0.5) is 11.4 Å². The summed E-state index contributed by atoms with van der Waals surface area (Å²) in [7, 11) is 1.28. The van der Waals surface area contributed by atoms with E-state index in [-0.39, 0.29) is 28.3 Å². The standard InChI is InChI=1S/C13H10ClN3O6/c1-3-4-23-12-8-5-7(16(19)20)6-9(17(21)22)11(8)15(2)13(18)10(12)14/h3,5-6H,1,4H2,2H3. The van der Waals surface area contributed by atoms with Crippen LogP contribution in [0.2, 0.25) is 5.02 Å². The van der Waals surface area contributed by atoms with Gasteiger partial charge in [0.15, 0.2) is 5.75 Å². The number of aryl methyl sites for hydroxylation is 1. The molecule has 2 aromatic rings. The molecular formula is C13H10ClN3O6. The molecule has 0 atom stereocenters. The number of nitro benzene ring substituents is 2. The molecule has 10 heteroatoms. The third-order valence-corrected chi connectivity index (χ3v) is 3.43. The van der Waals surface area contributed by atoms with Gasteiger partial charge in [0, 0.05) is 13.1 Å². The Morgan fingerprint density at radius 3 is 2.52 bits per heavy atom. The highest BCUT2D eigenvalue weighted by atomic mass is 35.5. The second-order valence-electron chi connectivity index (χ2n) is 4.48. The van der Waals surface area contributed by atoms with Crippen LogP contribution in [-0.4, -0.2) is 21.0 Å².